The van der Waals surface area contributed by atoms with Crippen LogP contribution in [0.3, 0.4) is 0 Å². The molecule has 24 heavy (non-hydrogen) atoms. The monoisotopic (exact) mass is 368 g/mol. The maximum Gasteiger partial charge on any atom is 0.471 e. The van der Waals surface area contributed by atoms with Crippen LogP contribution in [0.15, 0.2) is 0 Å². The van der Waals surface area contributed by atoms with Crippen LogP contribution in [0, 0.1) is 0 Å². The van der Waals surface area contributed by atoms with Crippen LogP contribution in [0.25, 0.3) is 0 Å². The maximum absolute atomic E-state index is 12.3. The summed E-state index contributed by atoms with van der Waals surface area (Å²) in [5, 5.41) is 12.8. The van der Waals surface area contributed by atoms with Gasteiger partial charge in [-0.3, -0.25) is 9.59 Å². The van der Waals surface area contributed by atoms with Gasteiger partial charge in [-0.1, -0.05) is 0 Å². The molecule has 1 aliphatic rings. The highest BCUT2D eigenvalue weighted by Crippen LogP contribution is 2.23. The Labute approximate surface area is 131 Å². The first-order valence-corrected chi connectivity index (χ1v) is 6.45. The average molecular weight is 368 g/mol. The van der Waals surface area contributed by atoms with Crippen LogP contribution in [0.4, 0.5) is 26.3 Å². The fourth-order valence-electron chi connectivity index (χ4n) is 1.95. The average Bonchev–Trinajstić information content (AvgIpc) is 2.45. The smallest absolute Gasteiger partial charge is 0.388 e. The van der Waals surface area contributed by atoms with Crippen molar-refractivity contribution in [3.8, 4) is 0 Å². The number of rotatable bonds is 4. The number of hydrogen-bond donors (Lipinski definition) is 3. The second-order valence-corrected chi connectivity index (χ2v) is 4.85. The minimum atomic E-state index is -5.21. The molecule has 0 bridgehead atoms. The molecule has 4 atom stereocenters. The Hall–Kier alpha value is -1.60. The summed E-state index contributed by atoms with van der Waals surface area (Å²) < 4.78 is 82.8. The molecule has 4 unspecified atom stereocenters. The highest BCUT2D eigenvalue weighted by Gasteiger charge is 2.45. The normalized spacial score (nSPS) is 28.3. The molecule has 1 aliphatic heterocycles. The fourth-order valence-corrected chi connectivity index (χ4v) is 1.95. The summed E-state index contributed by atoms with van der Waals surface area (Å²) in [4.78, 5) is 21.7. The van der Waals surface area contributed by atoms with Crippen molar-refractivity contribution in [1.29, 1.82) is 0 Å². The van der Waals surface area contributed by atoms with Gasteiger partial charge in [0.2, 0.25) is 0 Å². The number of carbonyl (C=O) groups excluding carboxylic acids is 2. The van der Waals surface area contributed by atoms with Gasteiger partial charge in [0, 0.05) is 20.1 Å². The predicted molar refractivity (Wildman–Crippen MR) is 63.3 cm³/mol. The molecule has 0 aromatic rings. The van der Waals surface area contributed by atoms with E-state index < -0.39 is 55.3 Å². The van der Waals surface area contributed by atoms with E-state index >= 15 is 0 Å². The molecule has 2 amide bonds. The van der Waals surface area contributed by atoms with Gasteiger partial charge in [0.15, 0.2) is 6.29 Å². The molecule has 1 saturated heterocycles. The number of nitrogens with one attached hydrogen (secondary N) is 2. The number of aliphatic hydroxyl groups excluding tert-OH is 1. The van der Waals surface area contributed by atoms with Crippen LogP contribution in [-0.2, 0) is 19.1 Å². The Morgan fingerprint density at radius 1 is 1.17 bits per heavy atom. The Kier molecular flexibility index (Phi) is 6.41. The molecule has 7 nitrogen and oxygen atoms in total. The van der Waals surface area contributed by atoms with Crippen LogP contribution in [0.1, 0.15) is 6.42 Å². The lowest BCUT2D eigenvalue weighted by molar-refractivity contribution is -0.222. The predicted octanol–water partition coefficient (Wildman–Crippen LogP) is -0.166. The van der Waals surface area contributed by atoms with Crippen molar-refractivity contribution in [2.45, 2.75) is 43.3 Å². The molecule has 140 valence electrons. The summed E-state index contributed by atoms with van der Waals surface area (Å²) >= 11 is 0. The lowest BCUT2D eigenvalue weighted by Crippen LogP contribution is -2.60. The molecular formula is C11H14F6N2O5. The van der Waals surface area contributed by atoms with Crippen molar-refractivity contribution in [2.75, 3.05) is 13.7 Å². The summed E-state index contributed by atoms with van der Waals surface area (Å²) in [5.41, 5.74) is 0. The Morgan fingerprint density at radius 3 is 2.17 bits per heavy atom. The van der Waals surface area contributed by atoms with E-state index in [0.717, 1.165) is 7.11 Å². The first-order chi connectivity index (χ1) is 10.9. The Balaban J connectivity index is 2.75. The second kappa shape index (κ2) is 7.53. The van der Waals surface area contributed by atoms with Gasteiger partial charge in [-0.2, -0.15) is 26.3 Å². The molecule has 0 aromatic heterocycles. The van der Waals surface area contributed by atoms with E-state index in [-0.39, 0.29) is 6.42 Å². The van der Waals surface area contributed by atoms with E-state index in [4.69, 9.17) is 9.47 Å². The zero-order valence-electron chi connectivity index (χ0n) is 12.1. The highest BCUT2D eigenvalue weighted by atomic mass is 19.4. The number of alkyl halides is 6. The van der Waals surface area contributed by atoms with Gasteiger partial charge in [0.25, 0.3) is 0 Å². The van der Waals surface area contributed by atoms with Crippen molar-refractivity contribution in [2.24, 2.45) is 0 Å². The summed E-state index contributed by atoms with van der Waals surface area (Å²) in [6.07, 6.45) is -15.3. The number of amides is 2. The van der Waals surface area contributed by atoms with E-state index in [1.807, 2.05) is 0 Å². The lowest BCUT2D eigenvalue weighted by Gasteiger charge is -2.39. The first kappa shape index (κ1) is 20.4. The number of hydrogen-bond acceptors (Lipinski definition) is 5. The van der Waals surface area contributed by atoms with Crippen molar-refractivity contribution < 1.29 is 50.5 Å². The number of halogens is 6. The van der Waals surface area contributed by atoms with Gasteiger partial charge in [-0.25, -0.2) is 0 Å². The molecule has 1 rings (SSSR count). The molecule has 1 fully saturated rings. The summed E-state index contributed by atoms with van der Waals surface area (Å²) in [5.74, 6) is -4.64. The zero-order chi connectivity index (χ0) is 18.7. The molecule has 0 aliphatic carbocycles. The van der Waals surface area contributed by atoms with Gasteiger partial charge in [-0.05, 0) is 0 Å². The van der Waals surface area contributed by atoms with E-state index in [1.165, 1.54) is 10.6 Å². The van der Waals surface area contributed by atoms with Crippen LogP contribution in [-0.4, -0.2) is 67.5 Å². The van der Waals surface area contributed by atoms with Gasteiger partial charge in [0.1, 0.15) is 12.2 Å². The lowest BCUT2D eigenvalue weighted by atomic mass is 9.98. The van der Waals surface area contributed by atoms with Gasteiger partial charge >= 0.3 is 24.2 Å². The number of carbonyl (C=O) groups is 2. The van der Waals surface area contributed by atoms with Crippen LogP contribution in [0.5, 0.6) is 0 Å². The van der Waals surface area contributed by atoms with Gasteiger partial charge < -0.3 is 25.2 Å². The number of methoxy groups -OCH3 is 1. The van der Waals surface area contributed by atoms with Crippen molar-refractivity contribution in [1.82, 2.24) is 10.6 Å². The van der Waals surface area contributed by atoms with E-state index in [1.54, 1.807) is 0 Å². The fraction of sp³-hybridized carbons (Fsp3) is 0.818. The zero-order valence-corrected chi connectivity index (χ0v) is 12.1. The minimum absolute atomic E-state index is 0.372. The topological polar surface area (TPSA) is 96.9 Å². The minimum Gasteiger partial charge on any atom is -0.388 e. The largest absolute Gasteiger partial charge is 0.471 e. The Bertz CT molecular complexity index is 469. The van der Waals surface area contributed by atoms with Crippen LogP contribution < -0.4 is 10.6 Å². The summed E-state index contributed by atoms with van der Waals surface area (Å²) in [6, 6.07) is -1.49. The Morgan fingerprint density at radius 2 is 1.71 bits per heavy atom. The molecule has 0 aromatic carbocycles. The number of ether oxygens (including phenoxy) is 2. The SMILES string of the molecule is COC1CC(NC(=O)C(F)(F)F)C(O)C(CNC(=O)C(F)(F)F)O1. The number of aliphatic hydroxyl groups is 1. The van der Waals surface area contributed by atoms with Gasteiger partial charge in [0.05, 0.1) is 6.04 Å². The molecule has 0 saturated carbocycles. The highest BCUT2D eigenvalue weighted by molar-refractivity contribution is 5.82. The van der Waals surface area contributed by atoms with Gasteiger partial charge in [-0.15, -0.1) is 0 Å². The maximum atomic E-state index is 12.3. The van der Waals surface area contributed by atoms with E-state index in [0.29, 0.717) is 0 Å². The molecule has 0 radical (unpaired) electrons. The molecule has 1 heterocycles. The molecule has 13 heteroatoms. The van der Waals surface area contributed by atoms with E-state index in [2.05, 4.69) is 0 Å². The second-order valence-electron chi connectivity index (χ2n) is 4.85. The van der Waals surface area contributed by atoms with Crippen LogP contribution in [0.2, 0.25) is 0 Å². The molecule has 0 spiro atoms. The van der Waals surface area contributed by atoms with Crippen molar-refractivity contribution >= 4 is 11.8 Å². The quantitative estimate of drug-likeness (QED) is 0.599. The summed E-state index contributed by atoms with van der Waals surface area (Å²) in [7, 11) is 1.11. The van der Waals surface area contributed by atoms with Crippen molar-refractivity contribution in [3.63, 3.8) is 0 Å². The third-order valence-corrected chi connectivity index (χ3v) is 3.12. The molecular weight excluding hydrogens is 354 g/mol. The van der Waals surface area contributed by atoms with Crippen LogP contribution >= 0.6 is 0 Å². The summed E-state index contributed by atoms with van der Waals surface area (Å²) in [6.45, 7) is -0.849. The van der Waals surface area contributed by atoms with E-state index in [9.17, 15) is 41.0 Å². The third kappa shape index (κ3) is 5.49. The molecule has 3 N–H and O–H groups in total. The third-order valence-electron chi connectivity index (χ3n) is 3.12. The van der Waals surface area contributed by atoms with Crippen molar-refractivity contribution in [3.05, 3.63) is 0 Å². The first-order valence-electron chi connectivity index (χ1n) is 6.45. The standard InChI is InChI=1S/C11H14F6N2O5/c1-23-6-2-4(19-9(22)11(15,16)17)7(20)5(24-6)3-18-8(21)10(12,13)14/h4-7,20H,2-3H2,1H3,(H,18,21)(H,19,22).